The lowest BCUT2D eigenvalue weighted by Crippen LogP contribution is -2.30. The van der Waals surface area contributed by atoms with Gasteiger partial charge in [-0.15, -0.1) is 0 Å². The van der Waals surface area contributed by atoms with E-state index in [2.05, 4.69) is 45.1 Å². The highest BCUT2D eigenvalue weighted by atomic mass is 16.6. The minimum Gasteiger partial charge on any atom is -0.462 e. The number of esters is 3. The SMILES string of the molecule is CCCCCCC/C=C\C/C=C\CCCCCCCCCCCCCC(=O)OCC(COC(=O)CCCCCCC)OC(=O)CCCCCCCCCCCCCC. The van der Waals surface area contributed by atoms with Crippen LogP contribution < -0.4 is 0 Å². The molecule has 0 saturated heterocycles. The fourth-order valence-electron chi connectivity index (χ4n) is 7.36. The fourth-order valence-corrected chi connectivity index (χ4v) is 7.36. The van der Waals surface area contributed by atoms with E-state index in [1.807, 2.05) is 0 Å². The molecule has 340 valence electrons. The van der Waals surface area contributed by atoms with Crippen molar-refractivity contribution in [1.82, 2.24) is 0 Å². The first-order valence-corrected chi connectivity index (χ1v) is 25.3. The van der Waals surface area contributed by atoms with Crippen LogP contribution in [0.15, 0.2) is 24.3 Å². The van der Waals surface area contributed by atoms with Crippen LogP contribution in [0.5, 0.6) is 0 Å². The standard InChI is InChI=1S/C52H96O6/c1-4-7-10-13-15-17-19-21-22-23-24-25-26-27-28-29-30-31-33-34-36-39-42-45-51(54)57-48-49(47-56-50(53)44-41-38-12-9-6-3)58-52(55)46-43-40-37-35-32-20-18-16-14-11-8-5-2/h19,21,23-24,49H,4-18,20,22,25-48H2,1-3H3/b21-19-,24-23-. The molecule has 1 atom stereocenters. The van der Waals surface area contributed by atoms with E-state index in [0.717, 1.165) is 70.6 Å². The van der Waals surface area contributed by atoms with Gasteiger partial charge in [0.25, 0.3) is 0 Å². The molecule has 0 bridgehead atoms. The van der Waals surface area contributed by atoms with Crippen molar-refractivity contribution in [3.63, 3.8) is 0 Å². The summed E-state index contributed by atoms with van der Waals surface area (Å²) < 4.78 is 16.6. The molecule has 6 heteroatoms. The zero-order valence-corrected chi connectivity index (χ0v) is 38.8. The van der Waals surface area contributed by atoms with Crippen molar-refractivity contribution in [2.24, 2.45) is 0 Å². The van der Waals surface area contributed by atoms with Crippen LogP contribution in [0, 0.1) is 0 Å². The Morgan fingerprint density at radius 1 is 0.345 bits per heavy atom. The van der Waals surface area contributed by atoms with Gasteiger partial charge in [-0.1, -0.05) is 225 Å². The van der Waals surface area contributed by atoms with E-state index in [0.29, 0.717) is 19.3 Å². The number of ether oxygens (including phenoxy) is 3. The minimum atomic E-state index is -0.762. The Morgan fingerprint density at radius 2 is 0.621 bits per heavy atom. The molecule has 0 aromatic rings. The average molecular weight is 817 g/mol. The normalized spacial score (nSPS) is 12.1. The summed E-state index contributed by atoms with van der Waals surface area (Å²) in [5.74, 6) is -0.875. The summed E-state index contributed by atoms with van der Waals surface area (Å²) in [7, 11) is 0. The van der Waals surface area contributed by atoms with Crippen molar-refractivity contribution < 1.29 is 28.6 Å². The van der Waals surface area contributed by atoms with Gasteiger partial charge >= 0.3 is 17.9 Å². The van der Waals surface area contributed by atoms with E-state index < -0.39 is 6.10 Å². The van der Waals surface area contributed by atoms with E-state index in [9.17, 15) is 14.4 Å². The number of hydrogen-bond acceptors (Lipinski definition) is 6. The summed E-state index contributed by atoms with van der Waals surface area (Å²) in [5, 5.41) is 0. The summed E-state index contributed by atoms with van der Waals surface area (Å²) in [6, 6.07) is 0. The fraction of sp³-hybridized carbons (Fsp3) is 0.865. The highest BCUT2D eigenvalue weighted by Gasteiger charge is 2.19. The Balaban J connectivity index is 4.06. The highest BCUT2D eigenvalue weighted by Crippen LogP contribution is 2.15. The second kappa shape index (κ2) is 47.6. The van der Waals surface area contributed by atoms with Crippen molar-refractivity contribution in [1.29, 1.82) is 0 Å². The van der Waals surface area contributed by atoms with Gasteiger partial charge in [-0.3, -0.25) is 14.4 Å². The van der Waals surface area contributed by atoms with Gasteiger partial charge in [0.05, 0.1) is 0 Å². The summed E-state index contributed by atoms with van der Waals surface area (Å²) in [5.41, 5.74) is 0. The number of unbranched alkanes of at least 4 members (excludes halogenated alkanes) is 31. The Kier molecular flexibility index (Phi) is 45.8. The van der Waals surface area contributed by atoms with Crippen LogP contribution in [0.1, 0.15) is 271 Å². The molecule has 0 heterocycles. The van der Waals surface area contributed by atoms with Gasteiger partial charge in [0.2, 0.25) is 0 Å². The van der Waals surface area contributed by atoms with Crippen LogP contribution in [0.2, 0.25) is 0 Å². The summed E-state index contributed by atoms with van der Waals surface area (Å²) in [6.07, 6.45) is 53.4. The van der Waals surface area contributed by atoms with Crippen molar-refractivity contribution >= 4 is 17.9 Å². The van der Waals surface area contributed by atoms with Crippen LogP contribution in [-0.2, 0) is 28.6 Å². The molecule has 0 aliphatic heterocycles. The first-order chi connectivity index (χ1) is 28.5. The molecule has 0 amide bonds. The Morgan fingerprint density at radius 3 is 0.948 bits per heavy atom. The lowest BCUT2D eigenvalue weighted by Gasteiger charge is -2.18. The number of allylic oxidation sites excluding steroid dienone is 4. The molecule has 58 heavy (non-hydrogen) atoms. The third kappa shape index (κ3) is 45.0. The zero-order chi connectivity index (χ0) is 42.3. The van der Waals surface area contributed by atoms with Gasteiger partial charge in [-0.25, -0.2) is 0 Å². The maximum Gasteiger partial charge on any atom is 0.306 e. The van der Waals surface area contributed by atoms with E-state index in [1.165, 1.54) is 161 Å². The summed E-state index contributed by atoms with van der Waals surface area (Å²) >= 11 is 0. The van der Waals surface area contributed by atoms with Gasteiger partial charge in [0.15, 0.2) is 6.10 Å². The molecular weight excluding hydrogens is 721 g/mol. The predicted molar refractivity (Wildman–Crippen MR) is 247 cm³/mol. The van der Waals surface area contributed by atoms with Crippen LogP contribution in [-0.4, -0.2) is 37.2 Å². The Bertz CT molecular complexity index is 942. The number of carbonyl (C=O) groups is 3. The zero-order valence-electron chi connectivity index (χ0n) is 38.8. The molecule has 0 saturated carbocycles. The van der Waals surface area contributed by atoms with Crippen LogP contribution in [0.4, 0.5) is 0 Å². The van der Waals surface area contributed by atoms with E-state index in [4.69, 9.17) is 14.2 Å². The first kappa shape index (κ1) is 55.9. The van der Waals surface area contributed by atoms with Crippen LogP contribution in [0.25, 0.3) is 0 Å². The molecule has 0 aliphatic carbocycles. The van der Waals surface area contributed by atoms with E-state index >= 15 is 0 Å². The monoisotopic (exact) mass is 817 g/mol. The Hall–Kier alpha value is -2.11. The van der Waals surface area contributed by atoms with Crippen molar-refractivity contribution in [2.45, 2.75) is 277 Å². The molecule has 0 aliphatic rings. The third-order valence-electron chi connectivity index (χ3n) is 11.2. The van der Waals surface area contributed by atoms with Gasteiger partial charge in [0, 0.05) is 19.3 Å². The molecule has 0 aromatic heterocycles. The highest BCUT2D eigenvalue weighted by molar-refractivity contribution is 5.71. The molecule has 0 radical (unpaired) electrons. The van der Waals surface area contributed by atoms with Crippen molar-refractivity contribution in [3.05, 3.63) is 24.3 Å². The lowest BCUT2D eigenvalue weighted by atomic mass is 10.0. The van der Waals surface area contributed by atoms with Crippen LogP contribution in [0.3, 0.4) is 0 Å². The average Bonchev–Trinajstić information content (AvgIpc) is 3.22. The second-order valence-corrected chi connectivity index (χ2v) is 17.1. The molecule has 0 fully saturated rings. The first-order valence-electron chi connectivity index (χ1n) is 25.3. The lowest BCUT2D eigenvalue weighted by molar-refractivity contribution is -0.167. The number of hydrogen-bond donors (Lipinski definition) is 0. The number of rotatable bonds is 46. The molecule has 0 spiro atoms. The van der Waals surface area contributed by atoms with Gasteiger partial charge in [-0.2, -0.15) is 0 Å². The summed E-state index contributed by atoms with van der Waals surface area (Å²) in [4.78, 5) is 37.6. The van der Waals surface area contributed by atoms with Crippen molar-refractivity contribution in [2.75, 3.05) is 13.2 Å². The molecule has 6 nitrogen and oxygen atoms in total. The molecule has 0 aromatic carbocycles. The predicted octanol–water partition coefficient (Wildman–Crippen LogP) is 16.4. The molecule has 1 unspecified atom stereocenters. The molecular formula is C52H96O6. The molecule has 0 rings (SSSR count). The quantitative estimate of drug-likeness (QED) is 0.0263. The van der Waals surface area contributed by atoms with E-state index in [1.54, 1.807) is 0 Å². The molecule has 0 N–H and O–H groups in total. The largest absolute Gasteiger partial charge is 0.462 e. The van der Waals surface area contributed by atoms with Gasteiger partial charge < -0.3 is 14.2 Å². The van der Waals surface area contributed by atoms with Gasteiger partial charge in [-0.05, 0) is 51.4 Å². The Labute approximate surface area is 360 Å². The minimum absolute atomic E-state index is 0.0690. The topological polar surface area (TPSA) is 78.9 Å². The van der Waals surface area contributed by atoms with Crippen molar-refractivity contribution in [3.8, 4) is 0 Å². The third-order valence-corrected chi connectivity index (χ3v) is 11.2. The second-order valence-electron chi connectivity index (χ2n) is 17.1. The maximum atomic E-state index is 12.7. The summed E-state index contributed by atoms with van der Waals surface area (Å²) in [6.45, 7) is 6.56. The smallest absolute Gasteiger partial charge is 0.306 e. The maximum absolute atomic E-state index is 12.7. The van der Waals surface area contributed by atoms with Gasteiger partial charge in [0.1, 0.15) is 13.2 Å². The van der Waals surface area contributed by atoms with Crippen LogP contribution >= 0.6 is 0 Å². The number of carbonyl (C=O) groups excluding carboxylic acids is 3. The van der Waals surface area contributed by atoms with E-state index in [-0.39, 0.29) is 31.1 Å².